The first-order chi connectivity index (χ1) is 11.9. The number of methoxy groups -OCH3 is 1. The van der Waals surface area contributed by atoms with Gasteiger partial charge in [0.15, 0.2) is 5.78 Å². The fourth-order valence-corrected chi connectivity index (χ4v) is 3.07. The van der Waals surface area contributed by atoms with Crippen LogP contribution in [0.5, 0.6) is 0 Å². The number of ether oxygens (including phenoxy) is 1. The Morgan fingerprint density at radius 1 is 1.08 bits per heavy atom. The molecule has 128 valence electrons. The van der Waals surface area contributed by atoms with Crippen molar-refractivity contribution in [2.75, 3.05) is 7.11 Å². The summed E-state index contributed by atoms with van der Waals surface area (Å²) in [7, 11) is 1.34. The number of benzene rings is 2. The van der Waals surface area contributed by atoms with Gasteiger partial charge in [-0.1, -0.05) is 41.4 Å². The quantitative estimate of drug-likeness (QED) is 0.476. The maximum Gasteiger partial charge on any atom is 0.340 e. The highest BCUT2D eigenvalue weighted by atomic mass is 35.5. The van der Waals surface area contributed by atoms with Crippen LogP contribution in [0.2, 0.25) is 10.0 Å². The molecule has 25 heavy (non-hydrogen) atoms. The number of esters is 1. The second kappa shape index (κ2) is 6.90. The van der Waals surface area contributed by atoms with Crippen molar-refractivity contribution in [1.82, 2.24) is 4.57 Å². The lowest BCUT2D eigenvalue weighted by Crippen LogP contribution is -2.01. The Morgan fingerprint density at radius 3 is 2.48 bits per heavy atom. The number of ketones is 1. The van der Waals surface area contributed by atoms with Crippen LogP contribution in [0.25, 0.3) is 10.9 Å². The van der Waals surface area contributed by atoms with Crippen LogP contribution in [0, 0.1) is 0 Å². The van der Waals surface area contributed by atoms with Crippen molar-refractivity contribution in [2.24, 2.45) is 0 Å². The summed E-state index contributed by atoms with van der Waals surface area (Å²) >= 11 is 12.0. The Labute approximate surface area is 154 Å². The van der Waals surface area contributed by atoms with Gasteiger partial charge < -0.3 is 9.30 Å². The molecule has 0 atom stereocenters. The summed E-state index contributed by atoms with van der Waals surface area (Å²) in [5, 5.41) is 1.68. The summed E-state index contributed by atoms with van der Waals surface area (Å²) in [6, 6.07) is 10.6. The van der Waals surface area contributed by atoms with Gasteiger partial charge in [0.05, 0.1) is 22.7 Å². The van der Waals surface area contributed by atoms with E-state index in [0.29, 0.717) is 27.7 Å². The number of rotatable bonds is 4. The third-order valence-electron chi connectivity index (χ3n) is 4.03. The number of fused-ring (bicyclic) bond motifs is 1. The van der Waals surface area contributed by atoms with Crippen molar-refractivity contribution in [3.63, 3.8) is 0 Å². The highest BCUT2D eigenvalue weighted by molar-refractivity contribution is 6.42. The Kier molecular flexibility index (Phi) is 4.84. The third kappa shape index (κ3) is 3.41. The molecule has 0 saturated carbocycles. The minimum absolute atomic E-state index is 0.0381. The van der Waals surface area contributed by atoms with Gasteiger partial charge in [0.2, 0.25) is 0 Å². The van der Waals surface area contributed by atoms with Gasteiger partial charge in [-0.25, -0.2) is 4.79 Å². The Hall–Kier alpha value is -2.30. The lowest BCUT2D eigenvalue weighted by molar-refractivity contribution is 0.0602. The van der Waals surface area contributed by atoms with E-state index in [-0.39, 0.29) is 5.78 Å². The topological polar surface area (TPSA) is 48.3 Å². The molecule has 4 nitrogen and oxygen atoms in total. The Morgan fingerprint density at radius 2 is 1.84 bits per heavy atom. The fraction of sp³-hybridized carbons (Fsp3) is 0.158. The van der Waals surface area contributed by atoms with E-state index in [2.05, 4.69) is 0 Å². The minimum Gasteiger partial charge on any atom is -0.465 e. The molecular formula is C19H15Cl2NO3. The first kappa shape index (κ1) is 17.5. The van der Waals surface area contributed by atoms with Gasteiger partial charge >= 0.3 is 5.97 Å². The second-order valence-corrected chi connectivity index (χ2v) is 6.51. The normalized spacial score (nSPS) is 10.9. The molecule has 0 fully saturated rings. The van der Waals surface area contributed by atoms with Gasteiger partial charge in [-0.05, 0) is 30.7 Å². The van der Waals surface area contributed by atoms with Crippen LogP contribution in [0.4, 0.5) is 0 Å². The number of Topliss-reactive ketones (excluding diaryl/α,β-unsaturated/α-hetero) is 1. The molecule has 1 heterocycles. The summed E-state index contributed by atoms with van der Waals surface area (Å²) < 4.78 is 6.76. The third-order valence-corrected chi connectivity index (χ3v) is 4.77. The van der Waals surface area contributed by atoms with Crippen LogP contribution < -0.4 is 0 Å². The molecule has 3 aromatic rings. The fourth-order valence-electron chi connectivity index (χ4n) is 2.75. The van der Waals surface area contributed by atoms with Gasteiger partial charge in [-0.3, -0.25) is 4.79 Å². The number of nitrogens with zero attached hydrogens (tertiary/aromatic N) is 1. The number of carbonyl (C=O) groups excluding carboxylic acids is 2. The lowest BCUT2D eigenvalue weighted by atomic mass is 10.1. The summed E-state index contributed by atoms with van der Waals surface area (Å²) in [4.78, 5) is 23.8. The van der Waals surface area contributed by atoms with Crippen LogP contribution in [-0.4, -0.2) is 23.4 Å². The second-order valence-electron chi connectivity index (χ2n) is 5.70. The zero-order valence-electron chi connectivity index (χ0n) is 13.7. The molecule has 3 rings (SSSR count). The standard InChI is InChI=1S/C19H15Cl2NO3/c1-11(23)13-4-5-14-15(19(24)25-2)10-22(18(14)8-13)9-12-3-6-16(20)17(21)7-12/h3-8,10H,9H2,1-2H3. The number of aromatic nitrogens is 1. The summed E-state index contributed by atoms with van der Waals surface area (Å²) in [6.07, 6.45) is 1.73. The summed E-state index contributed by atoms with van der Waals surface area (Å²) in [5.74, 6) is -0.461. The first-order valence-corrected chi connectivity index (χ1v) is 8.32. The van der Waals surface area contributed by atoms with Crippen molar-refractivity contribution in [3.05, 3.63) is 69.3 Å². The Bertz CT molecular complexity index is 992. The average molecular weight is 376 g/mol. The van der Waals surface area contributed by atoms with E-state index < -0.39 is 5.97 Å². The monoisotopic (exact) mass is 375 g/mol. The SMILES string of the molecule is COC(=O)c1cn(Cc2ccc(Cl)c(Cl)c2)c2cc(C(C)=O)ccc12. The maximum atomic E-state index is 12.1. The molecule has 1 aromatic heterocycles. The first-order valence-electron chi connectivity index (χ1n) is 7.56. The van der Waals surface area contributed by atoms with E-state index in [1.165, 1.54) is 14.0 Å². The lowest BCUT2D eigenvalue weighted by Gasteiger charge is -2.07. The molecule has 2 aromatic carbocycles. The largest absolute Gasteiger partial charge is 0.465 e. The van der Waals surface area contributed by atoms with Gasteiger partial charge in [0.1, 0.15) is 0 Å². The molecule has 0 aliphatic carbocycles. The number of hydrogen-bond acceptors (Lipinski definition) is 3. The van der Waals surface area contributed by atoms with Crippen LogP contribution in [0.1, 0.15) is 33.2 Å². The predicted octanol–water partition coefficient (Wildman–Crippen LogP) is 4.99. The maximum absolute atomic E-state index is 12.1. The van der Waals surface area contributed by atoms with Crippen molar-refractivity contribution in [2.45, 2.75) is 13.5 Å². The highest BCUT2D eigenvalue weighted by Gasteiger charge is 2.17. The smallest absolute Gasteiger partial charge is 0.340 e. The molecule has 0 amide bonds. The molecule has 0 bridgehead atoms. The molecule has 0 spiro atoms. The predicted molar refractivity (Wildman–Crippen MR) is 98.8 cm³/mol. The zero-order chi connectivity index (χ0) is 18.1. The average Bonchev–Trinajstić information content (AvgIpc) is 2.95. The van der Waals surface area contributed by atoms with Crippen LogP contribution in [0.15, 0.2) is 42.6 Å². The van der Waals surface area contributed by atoms with E-state index >= 15 is 0 Å². The van der Waals surface area contributed by atoms with E-state index in [1.807, 2.05) is 10.6 Å². The zero-order valence-corrected chi connectivity index (χ0v) is 15.2. The van der Waals surface area contributed by atoms with Crippen molar-refractivity contribution in [1.29, 1.82) is 0 Å². The van der Waals surface area contributed by atoms with E-state index in [0.717, 1.165) is 16.5 Å². The van der Waals surface area contributed by atoms with E-state index in [1.54, 1.807) is 36.5 Å². The number of halogens is 2. The van der Waals surface area contributed by atoms with Crippen LogP contribution in [-0.2, 0) is 11.3 Å². The highest BCUT2D eigenvalue weighted by Crippen LogP contribution is 2.27. The van der Waals surface area contributed by atoms with Crippen molar-refractivity contribution in [3.8, 4) is 0 Å². The van der Waals surface area contributed by atoms with Crippen LogP contribution in [0.3, 0.4) is 0 Å². The summed E-state index contributed by atoms with van der Waals surface area (Å²) in [6.45, 7) is 1.99. The molecule has 6 heteroatoms. The van der Waals surface area contributed by atoms with E-state index in [4.69, 9.17) is 27.9 Å². The van der Waals surface area contributed by atoms with Gasteiger partial charge in [-0.2, -0.15) is 0 Å². The van der Waals surface area contributed by atoms with Gasteiger partial charge in [-0.15, -0.1) is 0 Å². The van der Waals surface area contributed by atoms with Crippen molar-refractivity contribution < 1.29 is 14.3 Å². The Balaban J connectivity index is 2.14. The molecule has 0 aliphatic heterocycles. The molecule has 0 N–H and O–H groups in total. The van der Waals surface area contributed by atoms with E-state index in [9.17, 15) is 9.59 Å². The minimum atomic E-state index is -0.423. The molecular weight excluding hydrogens is 361 g/mol. The van der Waals surface area contributed by atoms with Crippen molar-refractivity contribution >= 4 is 45.9 Å². The summed E-state index contributed by atoms with van der Waals surface area (Å²) in [5.41, 5.74) is 2.74. The number of carbonyl (C=O) groups is 2. The molecule has 0 saturated heterocycles. The van der Waals surface area contributed by atoms with Gasteiger partial charge in [0, 0.05) is 29.2 Å². The molecule has 0 radical (unpaired) electrons. The van der Waals surface area contributed by atoms with Crippen LogP contribution >= 0.6 is 23.2 Å². The molecule has 0 aliphatic rings. The van der Waals surface area contributed by atoms with Gasteiger partial charge in [0.25, 0.3) is 0 Å². The number of hydrogen-bond donors (Lipinski definition) is 0. The molecule has 0 unspecified atom stereocenters.